The molecule has 1 N–H and O–H groups in total. The number of urea groups is 1. The highest BCUT2D eigenvalue weighted by Crippen LogP contribution is 2.15. The van der Waals surface area contributed by atoms with E-state index in [9.17, 15) is 9.59 Å². The molecule has 1 aliphatic rings. The van der Waals surface area contributed by atoms with Crippen molar-refractivity contribution in [1.82, 2.24) is 20.0 Å². The van der Waals surface area contributed by atoms with Gasteiger partial charge in [-0.15, -0.1) is 0 Å². The quantitative estimate of drug-likeness (QED) is 0.846. The van der Waals surface area contributed by atoms with Gasteiger partial charge in [-0.1, -0.05) is 30.3 Å². The summed E-state index contributed by atoms with van der Waals surface area (Å²) >= 11 is 0. The van der Waals surface area contributed by atoms with Crippen LogP contribution in [-0.4, -0.2) is 39.7 Å². The second-order valence-electron chi connectivity index (χ2n) is 4.89. The van der Waals surface area contributed by atoms with E-state index in [1.807, 2.05) is 47.3 Å². The van der Waals surface area contributed by atoms with Crippen LogP contribution in [-0.2, 0) is 11.3 Å². The van der Waals surface area contributed by atoms with Crippen LogP contribution in [0, 0.1) is 0 Å². The highest BCUT2D eigenvalue weighted by atomic mass is 16.2. The first-order valence-corrected chi connectivity index (χ1v) is 6.91. The largest absolute Gasteiger partial charge is 0.329 e. The highest BCUT2D eigenvalue weighted by Gasteiger charge is 2.27. The van der Waals surface area contributed by atoms with E-state index in [1.165, 1.54) is 4.90 Å². The number of carbonyl (C=O) groups excluding carboxylic acids is 2. The number of nitrogens with one attached hydrogen (secondary N) is 1. The van der Waals surface area contributed by atoms with Gasteiger partial charge in [0.15, 0.2) is 0 Å². The first kappa shape index (κ1) is 13.4. The first-order chi connectivity index (χ1) is 10.2. The Labute approximate surface area is 122 Å². The van der Waals surface area contributed by atoms with Crippen molar-refractivity contribution in [1.29, 1.82) is 0 Å². The number of benzene rings is 1. The van der Waals surface area contributed by atoms with Crippen molar-refractivity contribution in [3.63, 3.8) is 0 Å². The first-order valence-electron chi connectivity index (χ1n) is 6.91. The maximum absolute atomic E-state index is 11.4. The molecule has 0 spiro atoms. The van der Waals surface area contributed by atoms with Crippen molar-refractivity contribution >= 4 is 11.9 Å². The Morgan fingerprint density at radius 1 is 1.10 bits per heavy atom. The van der Waals surface area contributed by atoms with Crippen molar-refractivity contribution in [2.75, 3.05) is 13.1 Å². The number of carbonyl (C=O) groups is 2. The lowest BCUT2D eigenvalue weighted by Gasteiger charge is -2.11. The Morgan fingerprint density at radius 3 is 2.62 bits per heavy atom. The lowest BCUT2D eigenvalue weighted by atomic mass is 10.2. The predicted octanol–water partition coefficient (Wildman–Crippen LogP) is 1.49. The van der Waals surface area contributed by atoms with E-state index in [1.54, 1.807) is 0 Å². The summed E-state index contributed by atoms with van der Waals surface area (Å²) in [4.78, 5) is 24.1. The molecule has 6 nitrogen and oxygen atoms in total. The molecule has 1 aliphatic heterocycles. The molecule has 0 atom stereocenters. The Bertz CT molecular complexity index is 635. The Kier molecular flexibility index (Phi) is 3.68. The molecule has 0 radical (unpaired) electrons. The fourth-order valence-corrected chi connectivity index (χ4v) is 2.32. The predicted molar refractivity (Wildman–Crippen MR) is 77.4 cm³/mol. The van der Waals surface area contributed by atoms with Crippen LogP contribution in [0.5, 0.6) is 0 Å². The van der Waals surface area contributed by atoms with Crippen LogP contribution < -0.4 is 5.32 Å². The van der Waals surface area contributed by atoms with Crippen LogP contribution in [0.2, 0.25) is 0 Å². The molecule has 2 heterocycles. The van der Waals surface area contributed by atoms with Gasteiger partial charge in [0.25, 0.3) is 0 Å². The molecule has 21 heavy (non-hydrogen) atoms. The Morgan fingerprint density at radius 2 is 1.90 bits per heavy atom. The third-order valence-electron chi connectivity index (χ3n) is 3.42. The molecule has 0 saturated carbocycles. The van der Waals surface area contributed by atoms with Crippen LogP contribution in [0.3, 0.4) is 0 Å². The number of aryl methyl sites for hydroxylation is 1. The molecule has 3 amide bonds. The molecule has 0 bridgehead atoms. The van der Waals surface area contributed by atoms with Gasteiger partial charge in [-0.05, 0) is 12.5 Å². The third-order valence-corrected chi connectivity index (χ3v) is 3.42. The molecule has 108 valence electrons. The molecule has 6 heteroatoms. The summed E-state index contributed by atoms with van der Waals surface area (Å²) in [5.74, 6) is -0.162. The molecule has 1 aromatic heterocycles. The summed E-state index contributed by atoms with van der Waals surface area (Å²) < 4.78 is 1.83. The standard InChI is InChI=1S/C15H16N4O2/c20-14-11-16-15(21)19(14)9-4-8-18-10-7-13(17-18)12-5-2-1-3-6-12/h1-3,5-7,10H,4,8-9,11H2,(H,16,21). The molecule has 1 aromatic carbocycles. The lowest BCUT2D eigenvalue weighted by Crippen LogP contribution is -2.32. The highest BCUT2D eigenvalue weighted by molar-refractivity contribution is 6.01. The van der Waals surface area contributed by atoms with Gasteiger partial charge in [-0.25, -0.2) is 4.79 Å². The molecular weight excluding hydrogens is 268 g/mol. The summed E-state index contributed by atoms with van der Waals surface area (Å²) in [6.07, 6.45) is 2.60. The fourth-order valence-electron chi connectivity index (χ4n) is 2.32. The van der Waals surface area contributed by atoms with E-state index >= 15 is 0 Å². The maximum Gasteiger partial charge on any atom is 0.324 e. The Hall–Kier alpha value is -2.63. The molecular formula is C15H16N4O2. The molecule has 2 aromatic rings. The number of nitrogens with zero attached hydrogens (tertiary/aromatic N) is 3. The minimum absolute atomic E-state index is 0.110. The zero-order chi connectivity index (χ0) is 14.7. The summed E-state index contributed by atoms with van der Waals surface area (Å²) in [5.41, 5.74) is 2.00. The van der Waals surface area contributed by atoms with Gasteiger partial charge in [-0.2, -0.15) is 5.10 Å². The zero-order valence-corrected chi connectivity index (χ0v) is 11.5. The lowest BCUT2D eigenvalue weighted by molar-refractivity contribution is -0.125. The van der Waals surface area contributed by atoms with E-state index in [-0.39, 0.29) is 18.5 Å². The maximum atomic E-state index is 11.4. The molecule has 0 unspecified atom stereocenters. The van der Waals surface area contributed by atoms with Gasteiger partial charge in [0.05, 0.1) is 12.2 Å². The molecule has 3 rings (SSSR count). The van der Waals surface area contributed by atoms with Gasteiger partial charge in [0.2, 0.25) is 5.91 Å². The van der Waals surface area contributed by atoms with Gasteiger partial charge >= 0.3 is 6.03 Å². The Balaban J connectivity index is 1.56. The van der Waals surface area contributed by atoms with Crippen molar-refractivity contribution in [3.05, 3.63) is 42.6 Å². The van der Waals surface area contributed by atoms with E-state index in [2.05, 4.69) is 10.4 Å². The zero-order valence-electron chi connectivity index (χ0n) is 11.5. The molecule has 1 saturated heterocycles. The number of aromatic nitrogens is 2. The van der Waals surface area contributed by atoms with Gasteiger partial charge in [0, 0.05) is 24.8 Å². The number of amides is 3. The summed E-state index contributed by atoms with van der Waals surface area (Å²) in [6, 6.07) is 11.6. The number of hydrogen-bond donors (Lipinski definition) is 1. The minimum Gasteiger partial charge on any atom is -0.329 e. The molecule has 1 fully saturated rings. The van der Waals surface area contributed by atoms with Crippen molar-refractivity contribution in [3.8, 4) is 11.3 Å². The van der Waals surface area contributed by atoms with Crippen LogP contribution in [0.25, 0.3) is 11.3 Å². The average molecular weight is 284 g/mol. The number of rotatable bonds is 5. The third kappa shape index (κ3) is 2.94. The van der Waals surface area contributed by atoms with Crippen LogP contribution in [0.4, 0.5) is 4.79 Å². The normalized spacial score (nSPS) is 14.6. The second-order valence-corrected chi connectivity index (χ2v) is 4.89. The minimum atomic E-state index is -0.301. The second kappa shape index (κ2) is 5.78. The van der Waals surface area contributed by atoms with E-state index in [0.717, 1.165) is 11.3 Å². The molecule has 0 aliphatic carbocycles. The van der Waals surface area contributed by atoms with Crippen molar-refractivity contribution < 1.29 is 9.59 Å². The van der Waals surface area contributed by atoms with Gasteiger partial charge < -0.3 is 5.32 Å². The van der Waals surface area contributed by atoms with E-state index in [0.29, 0.717) is 19.5 Å². The monoisotopic (exact) mass is 284 g/mol. The van der Waals surface area contributed by atoms with Crippen LogP contribution >= 0.6 is 0 Å². The SMILES string of the molecule is O=C1CNC(=O)N1CCCn1ccc(-c2ccccc2)n1. The summed E-state index contributed by atoms with van der Waals surface area (Å²) in [7, 11) is 0. The van der Waals surface area contributed by atoms with E-state index in [4.69, 9.17) is 0 Å². The van der Waals surface area contributed by atoms with Crippen molar-refractivity contribution in [2.24, 2.45) is 0 Å². The number of hydrogen-bond acceptors (Lipinski definition) is 3. The topological polar surface area (TPSA) is 67.2 Å². The number of imide groups is 1. The van der Waals surface area contributed by atoms with Crippen molar-refractivity contribution in [2.45, 2.75) is 13.0 Å². The van der Waals surface area contributed by atoms with Crippen LogP contribution in [0.15, 0.2) is 42.6 Å². The van der Waals surface area contributed by atoms with Gasteiger partial charge in [-0.3, -0.25) is 14.4 Å². The van der Waals surface area contributed by atoms with Gasteiger partial charge in [0.1, 0.15) is 0 Å². The smallest absolute Gasteiger partial charge is 0.324 e. The summed E-state index contributed by atoms with van der Waals surface area (Å²) in [5, 5.41) is 7.00. The average Bonchev–Trinajstić information content (AvgIpc) is 3.10. The fraction of sp³-hybridized carbons (Fsp3) is 0.267. The van der Waals surface area contributed by atoms with E-state index < -0.39 is 0 Å². The van der Waals surface area contributed by atoms with Crippen LogP contribution in [0.1, 0.15) is 6.42 Å². The summed E-state index contributed by atoms with van der Waals surface area (Å²) in [6.45, 7) is 1.20.